The van der Waals surface area contributed by atoms with Crippen LogP contribution in [0, 0.1) is 6.92 Å². The molecule has 0 radical (unpaired) electrons. The first-order valence-electron chi connectivity index (χ1n) is 10.3. The van der Waals surface area contributed by atoms with Crippen molar-refractivity contribution >= 4 is 47.0 Å². The van der Waals surface area contributed by atoms with E-state index in [1.165, 1.54) is 30.5 Å². The van der Waals surface area contributed by atoms with Gasteiger partial charge in [-0.15, -0.1) is 0 Å². The minimum absolute atomic E-state index is 0.0143. The Balaban J connectivity index is 1.93. The van der Waals surface area contributed by atoms with Crippen molar-refractivity contribution in [2.45, 2.75) is 23.1 Å². The molecule has 0 spiro atoms. The van der Waals surface area contributed by atoms with Crippen LogP contribution in [0.5, 0.6) is 0 Å². The average Bonchev–Trinajstić information content (AvgIpc) is 3.21. The number of nitrogens with one attached hydrogen (secondary N) is 1. The first kappa shape index (κ1) is 24.6. The quantitative estimate of drug-likeness (QED) is 0.316. The number of benzene rings is 2. The number of aliphatic hydroxyl groups excluding tert-OH is 1. The van der Waals surface area contributed by atoms with Crippen molar-refractivity contribution in [3.05, 3.63) is 76.9 Å². The van der Waals surface area contributed by atoms with Crippen LogP contribution in [-0.2, 0) is 20.0 Å². The van der Waals surface area contributed by atoms with Gasteiger partial charge in [0.25, 0.3) is 10.0 Å². The van der Waals surface area contributed by atoms with Gasteiger partial charge in [-0.05, 0) is 65.7 Å². The van der Waals surface area contributed by atoms with E-state index in [1.807, 2.05) is 6.92 Å². The predicted molar refractivity (Wildman–Crippen MR) is 134 cm³/mol. The van der Waals surface area contributed by atoms with Crippen molar-refractivity contribution in [2.24, 2.45) is 0 Å². The average molecular weight is 564 g/mol. The zero-order valence-electron chi connectivity index (χ0n) is 18.1. The van der Waals surface area contributed by atoms with Crippen LogP contribution in [-0.4, -0.2) is 44.1 Å². The maximum atomic E-state index is 13.7. The highest BCUT2D eigenvalue weighted by atomic mass is 79.9. The van der Waals surface area contributed by atoms with Crippen LogP contribution in [0.15, 0.2) is 81.1 Å². The van der Waals surface area contributed by atoms with E-state index in [-0.39, 0.29) is 40.7 Å². The van der Waals surface area contributed by atoms with Gasteiger partial charge in [-0.2, -0.15) is 0 Å². The highest BCUT2D eigenvalue weighted by Crippen LogP contribution is 2.35. The minimum atomic E-state index is -4.06. The number of nitrogens with zero attached hydrogens (tertiary/aromatic N) is 2. The molecular weight excluding hydrogens is 542 g/mol. The first-order chi connectivity index (χ1) is 16.1. The Hall–Kier alpha value is -2.57. The monoisotopic (exact) mass is 563 g/mol. The van der Waals surface area contributed by atoms with Gasteiger partial charge >= 0.3 is 0 Å². The second kappa shape index (κ2) is 9.59. The highest BCUT2D eigenvalue weighted by molar-refractivity contribution is 9.10. The molecule has 8 nitrogen and oxygen atoms in total. The Morgan fingerprint density at radius 3 is 2.44 bits per heavy atom. The molecule has 0 bridgehead atoms. The van der Waals surface area contributed by atoms with Gasteiger partial charge in [-0.3, -0.25) is 0 Å². The predicted octanol–water partition coefficient (Wildman–Crippen LogP) is 3.67. The van der Waals surface area contributed by atoms with E-state index in [0.717, 1.165) is 9.54 Å². The Morgan fingerprint density at radius 2 is 1.74 bits per heavy atom. The number of aryl methyl sites for hydroxylation is 1. The van der Waals surface area contributed by atoms with Crippen LogP contribution < -0.4 is 4.72 Å². The lowest BCUT2D eigenvalue weighted by atomic mass is 10.1. The van der Waals surface area contributed by atoms with E-state index in [1.54, 1.807) is 36.4 Å². The van der Waals surface area contributed by atoms with Crippen LogP contribution in [0.25, 0.3) is 22.3 Å². The van der Waals surface area contributed by atoms with Gasteiger partial charge in [0.2, 0.25) is 10.0 Å². The van der Waals surface area contributed by atoms with Gasteiger partial charge in [0.15, 0.2) is 5.65 Å². The van der Waals surface area contributed by atoms with Gasteiger partial charge in [0.1, 0.15) is 0 Å². The Labute approximate surface area is 206 Å². The molecule has 0 saturated heterocycles. The van der Waals surface area contributed by atoms with E-state index in [0.29, 0.717) is 15.4 Å². The number of pyridine rings is 1. The SMILES string of the molecule is Cc1ccc(S(=O)(=O)n2c(-c3cccc(S(=O)(=O)NCCCO)c3)cc3c(Br)ccnc32)cc1. The number of hydrogen-bond acceptors (Lipinski definition) is 6. The number of aliphatic hydroxyl groups is 1. The van der Waals surface area contributed by atoms with E-state index < -0.39 is 20.0 Å². The number of rotatable bonds is 8. The molecule has 2 heterocycles. The third-order valence-electron chi connectivity index (χ3n) is 5.23. The number of sulfonamides is 1. The van der Waals surface area contributed by atoms with Crippen molar-refractivity contribution in [3.8, 4) is 11.3 Å². The second-order valence-electron chi connectivity index (χ2n) is 7.64. The summed E-state index contributed by atoms with van der Waals surface area (Å²) in [6, 6.07) is 15.9. The van der Waals surface area contributed by atoms with Crippen LogP contribution in [0.2, 0.25) is 0 Å². The van der Waals surface area contributed by atoms with Crippen LogP contribution in [0.3, 0.4) is 0 Å². The summed E-state index contributed by atoms with van der Waals surface area (Å²) in [5.41, 5.74) is 1.82. The van der Waals surface area contributed by atoms with Gasteiger partial charge < -0.3 is 5.11 Å². The van der Waals surface area contributed by atoms with Crippen molar-refractivity contribution in [1.29, 1.82) is 0 Å². The van der Waals surface area contributed by atoms with Crippen LogP contribution in [0.1, 0.15) is 12.0 Å². The summed E-state index contributed by atoms with van der Waals surface area (Å²) in [5, 5.41) is 9.50. The smallest absolute Gasteiger partial charge is 0.269 e. The molecule has 2 aromatic heterocycles. The zero-order valence-corrected chi connectivity index (χ0v) is 21.4. The number of hydrogen-bond donors (Lipinski definition) is 2. The standard InChI is InChI=1S/C23H22BrN3O5S2/c1-16-6-8-18(9-7-16)34(31,32)27-22(15-20-21(24)10-12-25-23(20)27)17-4-2-5-19(14-17)33(29,30)26-11-3-13-28/h2,4-10,12,14-15,26,28H,3,11,13H2,1H3. The zero-order chi connectivity index (χ0) is 24.5. The van der Waals surface area contributed by atoms with Gasteiger partial charge in [-0.1, -0.05) is 29.8 Å². The third kappa shape index (κ3) is 4.66. The van der Waals surface area contributed by atoms with Crippen molar-refractivity contribution in [3.63, 3.8) is 0 Å². The Bertz CT molecular complexity index is 1560. The molecule has 0 fully saturated rings. The van der Waals surface area contributed by atoms with E-state index >= 15 is 0 Å². The molecule has 2 aromatic carbocycles. The molecule has 0 unspecified atom stereocenters. The molecule has 11 heteroatoms. The summed E-state index contributed by atoms with van der Waals surface area (Å²) < 4.78 is 57.1. The van der Waals surface area contributed by atoms with E-state index in [2.05, 4.69) is 25.6 Å². The maximum Gasteiger partial charge on any atom is 0.269 e. The molecule has 0 aliphatic carbocycles. The molecule has 0 saturated carbocycles. The number of halogens is 1. The summed E-state index contributed by atoms with van der Waals surface area (Å²) in [6.45, 7) is 1.81. The van der Waals surface area contributed by atoms with Crippen LogP contribution in [0.4, 0.5) is 0 Å². The molecule has 0 atom stereocenters. The summed E-state index contributed by atoms with van der Waals surface area (Å²) >= 11 is 3.46. The van der Waals surface area contributed by atoms with Crippen LogP contribution >= 0.6 is 15.9 Å². The molecule has 0 aliphatic heterocycles. The lowest BCUT2D eigenvalue weighted by molar-refractivity contribution is 0.289. The van der Waals surface area contributed by atoms with Gasteiger partial charge in [0.05, 0.1) is 15.5 Å². The molecule has 4 rings (SSSR count). The van der Waals surface area contributed by atoms with Crippen molar-refractivity contribution in [1.82, 2.24) is 13.7 Å². The molecule has 0 amide bonds. The molecular formula is C23H22BrN3O5S2. The van der Waals surface area contributed by atoms with Gasteiger partial charge in [0, 0.05) is 34.8 Å². The van der Waals surface area contributed by atoms with E-state index in [4.69, 9.17) is 5.11 Å². The molecule has 2 N–H and O–H groups in total. The normalized spacial score (nSPS) is 12.3. The largest absolute Gasteiger partial charge is 0.396 e. The lowest BCUT2D eigenvalue weighted by Gasteiger charge is -2.13. The number of fused-ring (bicyclic) bond motifs is 1. The molecule has 178 valence electrons. The fourth-order valence-corrected chi connectivity index (χ4v) is 6.51. The molecule has 4 aromatic rings. The summed E-state index contributed by atoms with van der Waals surface area (Å²) in [5.74, 6) is 0. The Kier molecular flexibility index (Phi) is 6.92. The number of aromatic nitrogens is 2. The fraction of sp³-hybridized carbons (Fsp3) is 0.174. The molecule has 34 heavy (non-hydrogen) atoms. The molecule has 0 aliphatic rings. The van der Waals surface area contributed by atoms with Crippen molar-refractivity contribution < 1.29 is 21.9 Å². The summed E-state index contributed by atoms with van der Waals surface area (Å²) in [7, 11) is -7.91. The maximum absolute atomic E-state index is 13.7. The van der Waals surface area contributed by atoms with Crippen molar-refractivity contribution in [2.75, 3.05) is 13.2 Å². The van der Waals surface area contributed by atoms with Gasteiger partial charge in [-0.25, -0.2) is 30.5 Å². The summed E-state index contributed by atoms with van der Waals surface area (Å²) in [4.78, 5) is 4.39. The summed E-state index contributed by atoms with van der Waals surface area (Å²) in [6.07, 6.45) is 1.78. The highest BCUT2D eigenvalue weighted by Gasteiger charge is 2.26. The third-order valence-corrected chi connectivity index (χ3v) is 9.10. The second-order valence-corrected chi connectivity index (χ2v) is 12.1. The minimum Gasteiger partial charge on any atom is -0.396 e. The lowest BCUT2D eigenvalue weighted by Crippen LogP contribution is -2.25. The topological polar surface area (TPSA) is 118 Å². The van der Waals surface area contributed by atoms with E-state index in [9.17, 15) is 16.8 Å². The first-order valence-corrected chi connectivity index (χ1v) is 14.1. The fourth-order valence-electron chi connectivity index (χ4n) is 3.50. The Morgan fingerprint density at radius 1 is 1.00 bits per heavy atom.